The van der Waals surface area contributed by atoms with Crippen molar-refractivity contribution in [3.8, 4) is 0 Å². The number of nitrogens with one attached hydrogen (secondary N) is 1. The number of amides is 3. The van der Waals surface area contributed by atoms with E-state index in [1.807, 2.05) is 0 Å². The summed E-state index contributed by atoms with van der Waals surface area (Å²) in [7, 11) is 0. The van der Waals surface area contributed by atoms with Crippen molar-refractivity contribution in [1.82, 2.24) is 9.88 Å². The number of carbonyl (C=O) groups is 3. The summed E-state index contributed by atoms with van der Waals surface area (Å²) in [5.41, 5.74) is 1.57. The molecule has 1 aromatic heterocycles. The molecule has 0 aliphatic carbocycles. The zero-order valence-electron chi connectivity index (χ0n) is 17.2. The topological polar surface area (TPSA) is 79.4 Å². The van der Waals surface area contributed by atoms with E-state index in [9.17, 15) is 27.6 Å². The van der Waals surface area contributed by atoms with Crippen LogP contribution in [0.5, 0.6) is 0 Å². The van der Waals surface area contributed by atoms with Crippen molar-refractivity contribution in [1.29, 1.82) is 0 Å². The van der Waals surface area contributed by atoms with Gasteiger partial charge < -0.3 is 5.32 Å². The molecule has 1 atom stereocenters. The van der Waals surface area contributed by atoms with Gasteiger partial charge in [-0.3, -0.25) is 19.3 Å². The average Bonchev–Trinajstić information content (AvgIpc) is 3.38. The average molecular weight is 481 g/mol. The number of hydrogen-bond donors (Lipinski definition) is 1. The van der Waals surface area contributed by atoms with E-state index in [4.69, 9.17) is 0 Å². The molecule has 2 heterocycles. The van der Waals surface area contributed by atoms with Crippen LogP contribution < -0.4 is 5.32 Å². The van der Waals surface area contributed by atoms with Gasteiger partial charge in [0, 0.05) is 12.5 Å². The van der Waals surface area contributed by atoms with Gasteiger partial charge in [0.05, 0.1) is 27.0 Å². The van der Waals surface area contributed by atoms with E-state index in [0.29, 0.717) is 10.8 Å². The molecule has 3 aromatic carbocycles. The molecule has 0 unspecified atom stereocenters. The van der Waals surface area contributed by atoms with Crippen molar-refractivity contribution in [2.75, 3.05) is 5.32 Å². The van der Waals surface area contributed by atoms with Crippen LogP contribution in [0.25, 0.3) is 10.2 Å². The normalized spacial score (nSPS) is 13.9. The van der Waals surface area contributed by atoms with Crippen LogP contribution in [0.2, 0.25) is 0 Å². The van der Waals surface area contributed by atoms with Gasteiger partial charge in [0.25, 0.3) is 11.8 Å². The number of thiazole rings is 1. The fourth-order valence-corrected chi connectivity index (χ4v) is 4.63. The number of hydrogen-bond acceptors (Lipinski definition) is 5. The summed E-state index contributed by atoms with van der Waals surface area (Å²) < 4.78 is 43.1. The van der Waals surface area contributed by atoms with E-state index >= 15 is 0 Å². The minimum atomic E-state index is -1.50. The highest BCUT2D eigenvalue weighted by Gasteiger charge is 2.43. The molecular weight excluding hydrogens is 467 g/mol. The van der Waals surface area contributed by atoms with Crippen molar-refractivity contribution >= 4 is 45.0 Å². The lowest BCUT2D eigenvalue weighted by molar-refractivity contribution is -0.120. The number of halogens is 3. The van der Waals surface area contributed by atoms with Crippen LogP contribution in [0.15, 0.2) is 60.1 Å². The predicted octanol–water partition coefficient (Wildman–Crippen LogP) is 4.56. The molecule has 170 valence electrons. The Morgan fingerprint density at radius 1 is 0.971 bits per heavy atom. The molecule has 34 heavy (non-hydrogen) atoms. The molecule has 3 amide bonds. The number of carbonyl (C=O) groups excluding carboxylic acids is 3. The van der Waals surface area contributed by atoms with E-state index in [2.05, 4.69) is 10.3 Å². The van der Waals surface area contributed by atoms with E-state index in [0.717, 1.165) is 17.0 Å². The second kappa shape index (κ2) is 8.38. The van der Waals surface area contributed by atoms with Crippen LogP contribution in [0, 0.1) is 17.5 Å². The molecule has 1 aliphatic heterocycles. The first-order valence-corrected chi connectivity index (χ1v) is 11.0. The fraction of sp³-hybridized carbons (Fsp3) is 0.0833. The van der Waals surface area contributed by atoms with Gasteiger partial charge in [0.15, 0.2) is 5.82 Å². The molecule has 1 aliphatic rings. The van der Waals surface area contributed by atoms with Gasteiger partial charge in [-0.25, -0.2) is 18.2 Å². The Bertz CT molecular complexity index is 1430. The monoisotopic (exact) mass is 481 g/mol. The largest absolute Gasteiger partial charge is 0.322 e. The molecule has 4 aromatic rings. The van der Waals surface area contributed by atoms with E-state index in [-0.39, 0.29) is 34.3 Å². The standard InChI is InChI=1S/C24H14F3N3O3S/c25-13-7-12(8-14(26)10-13)9-18(30-23(32)15-3-1-2-4-16(15)24(30)33)22(31)29-17-5-6-19-21(20(17)27)28-11-34-19/h1-8,10-11,18H,9H2,(H,29,31)/t18-/m0/s1. The highest BCUT2D eigenvalue weighted by Crippen LogP contribution is 2.29. The van der Waals surface area contributed by atoms with Gasteiger partial charge >= 0.3 is 0 Å². The van der Waals surface area contributed by atoms with Crippen LogP contribution in [0.3, 0.4) is 0 Å². The van der Waals surface area contributed by atoms with Gasteiger partial charge in [-0.05, 0) is 42.0 Å². The molecule has 6 nitrogen and oxygen atoms in total. The highest BCUT2D eigenvalue weighted by molar-refractivity contribution is 7.16. The first-order chi connectivity index (χ1) is 16.3. The summed E-state index contributed by atoms with van der Waals surface area (Å²) in [6.07, 6.45) is -0.382. The summed E-state index contributed by atoms with van der Waals surface area (Å²) in [5.74, 6) is -4.88. The van der Waals surface area contributed by atoms with Gasteiger partial charge in [-0.1, -0.05) is 12.1 Å². The Morgan fingerprint density at radius 2 is 1.62 bits per heavy atom. The Kier molecular flexibility index (Phi) is 5.37. The minimum absolute atomic E-state index is 0.0460. The summed E-state index contributed by atoms with van der Waals surface area (Å²) >= 11 is 1.22. The van der Waals surface area contributed by atoms with E-state index < -0.39 is 41.2 Å². The summed E-state index contributed by atoms with van der Waals surface area (Å²) in [6.45, 7) is 0. The first kappa shape index (κ1) is 21.8. The molecule has 5 rings (SSSR count). The maximum Gasteiger partial charge on any atom is 0.262 e. The van der Waals surface area contributed by atoms with Crippen LogP contribution in [-0.2, 0) is 11.2 Å². The molecule has 0 saturated heterocycles. The quantitative estimate of drug-likeness (QED) is 0.424. The van der Waals surface area contributed by atoms with Crippen LogP contribution in [-0.4, -0.2) is 33.6 Å². The van der Waals surface area contributed by atoms with Crippen LogP contribution in [0.4, 0.5) is 18.9 Å². The number of imide groups is 1. The van der Waals surface area contributed by atoms with Crippen LogP contribution in [0.1, 0.15) is 26.3 Å². The Balaban J connectivity index is 1.53. The molecule has 0 bridgehead atoms. The number of nitrogens with zero attached hydrogens (tertiary/aromatic N) is 2. The smallest absolute Gasteiger partial charge is 0.262 e. The summed E-state index contributed by atoms with van der Waals surface area (Å²) in [6, 6.07) is 10.1. The number of aromatic nitrogens is 1. The van der Waals surface area contributed by atoms with Crippen molar-refractivity contribution in [2.24, 2.45) is 0 Å². The minimum Gasteiger partial charge on any atom is -0.322 e. The fourth-order valence-electron chi connectivity index (χ4n) is 3.95. The highest BCUT2D eigenvalue weighted by atomic mass is 32.1. The molecule has 1 N–H and O–H groups in total. The second-order valence-electron chi connectivity index (χ2n) is 7.64. The lowest BCUT2D eigenvalue weighted by Crippen LogP contribution is -2.48. The number of rotatable bonds is 5. The Labute approximate surface area is 194 Å². The Morgan fingerprint density at radius 3 is 2.26 bits per heavy atom. The van der Waals surface area contributed by atoms with Gasteiger partial charge in [0.1, 0.15) is 23.2 Å². The second-order valence-corrected chi connectivity index (χ2v) is 8.53. The van der Waals surface area contributed by atoms with Crippen molar-refractivity contribution < 1.29 is 27.6 Å². The molecule has 10 heteroatoms. The maximum atomic E-state index is 14.9. The number of benzene rings is 3. The van der Waals surface area contributed by atoms with E-state index in [1.54, 1.807) is 18.2 Å². The third-order valence-corrected chi connectivity index (χ3v) is 6.28. The lowest BCUT2D eigenvalue weighted by atomic mass is 10.0. The first-order valence-electron chi connectivity index (χ1n) is 10.1. The Hall–Kier alpha value is -4.05. The van der Waals surface area contributed by atoms with Crippen LogP contribution >= 0.6 is 11.3 Å². The third-order valence-electron chi connectivity index (χ3n) is 5.49. The van der Waals surface area contributed by atoms with Crippen molar-refractivity contribution in [3.05, 3.63) is 94.2 Å². The number of fused-ring (bicyclic) bond motifs is 2. The van der Waals surface area contributed by atoms with Crippen molar-refractivity contribution in [2.45, 2.75) is 12.5 Å². The molecule has 0 spiro atoms. The van der Waals surface area contributed by atoms with Gasteiger partial charge in [0.2, 0.25) is 5.91 Å². The van der Waals surface area contributed by atoms with Gasteiger partial charge in [-0.15, -0.1) is 11.3 Å². The molecule has 0 fully saturated rings. The third kappa shape index (κ3) is 3.71. The SMILES string of the molecule is O=C(Nc1ccc2scnc2c1F)[C@H](Cc1cc(F)cc(F)c1)N1C(=O)c2ccccc2C1=O. The zero-order valence-corrected chi connectivity index (χ0v) is 18.0. The predicted molar refractivity (Wildman–Crippen MR) is 119 cm³/mol. The number of anilines is 1. The summed E-state index contributed by atoms with van der Waals surface area (Å²) in [4.78, 5) is 44.1. The van der Waals surface area contributed by atoms with E-state index in [1.165, 1.54) is 35.0 Å². The molecule has 0 radical (unpaired) electrons. The van der Waals surface area contributed by atoms with Gasteiger partial charge in [-0.2, -0.15) is 0 Å². The summed E-state index contributed by atoms with van der Waals surface area (Å²) in [5, 5.41) is 2.40. The molecular formula is C24H14F3N3O3S. The lowest BCUT2D eigenvalue weighted by Gasteiger charge is -2.25. The zero-order chi connectivity index (χ0) is 24.0. The molecule has 0 saturated carbocycles. The van der Waals surface area contributed by atoms with Crippen molar-refractivity contribution in [3.63, 3.8) is 0 Å². The maximum absolute atomic E-state index is 14.9.